The number of carboxylic acids is 1. The lowest BCUT2D eigenvalue weighted by atomic mass is 9.93. The highest BCUT2D eigenvalue weighted by molar-refractivity contribution is 5.79. The summed E-state index contributed by atoms with van der Waals surface area (Å²) in [7, 11) is 1.32. The Labute approximate surface area is 105 Å². The molecule has 0 spiro atoms. The van der Waals surface area contributed by atoms with E-state index in [2.05, 4.69) is 5.32 Å². The molecule has 1 aromatic carbocycles. The van der Waals surface area contributed by atoms with Gasteiger partial charge < -0.3 is 9.84 Å². The highest BCUT2D eigenvalue weighted by atomic mass is 16.5. The van der Waals surface area contributed by atoms with Crippen molar-refractivity contribution in [3.8, 4) is 0 Å². The van der Waals surface area contributed by atoms with E-state index in [1.165, 1.54) is 7.11 Å². The number of hydrogen-bond acceptors (Lipinski definition) is 4. The molecule has 5 nitrogen and oxygen atoms in total. The van der Waals surface area contributed by atoms with Gasteiger partial charge in [0.05, 0.1) is 13.0 Å². The van der Waals surface area contributed by atoms with Gasteiger partial charge in [0.1, 0.15) is 6.04 Å². The summed E-state index contributed by atoms with van der Waals surface area (Å²) in [6.45, 7) is 0. The number of benzene rings is 1. The topological polar surface area (TPSA) is 75.6 Å². The maximum absolute atomic E-state index is 11.7. The average Bonchev–Trinajstić information content (AvgIpc) is 2.84. The fourth-order valence-corrected chi connectivity index (χ4v) is 2.34. The second-order valence-corrected chi connectivity index (χ2v) is 4.31. The summed E-state index contributed by atoms with van der Waals surface area (Å²) in [4.78, 5) is 22.7. The number of ether oxygens (including phenoxy) is 1. The van der Waals surface area contributed by atoms with Crippen LogP contribution in [0.15, 0.2) is 30.3 Å². The van der Waals surface area contributed by atoms with Crippen molar-refractivity contribution >= 4 is 11.9 Å². The number of hydrogen-bond donors (Lipinski definition) is 2. The number of nitrogens with one attached hydrogen (secondary N) is 1. The van der Waals surface area contributed by atoms with Gasteiger partial charge in [-0.2, -0.15) is 0 Å². The lowest BCUT2D eigenvalue weighted by Gasteiger charge is -2.17. The maximum Gasteiger partial charge on any atom is 0.320 e. The molecule has 96 valence electrons. The molecular formula is C13H15NO4. The SMILES string of the molecule is COC(=O)C1CC(C(=O)O)NC1c1ccccc1. The minimum atomic E-state index is -0.942. The van der Waals surface area contributed by atoms with Crippen LogP contribution >= 0.6 is 0 Å². The third kappa shape index (κ3) is 2.36. The molecule has 1 fully saturated rings. The molecular weight excluding hydrogens is 234 g/mol. The van der Waals surface area contributed by atoms with Crippen molar-refractivity contribution < 1.29 is 19.4 Å². The van der Waals surface area contributed by atoms with E-state index in [1.807, 2.05) is 30.3 Å². The molecule has 3 unspecified atom stereocenters. The predicted octanol–water partition coefficient (Wildman–Crippen LogP) is 0.963. The fraction of sp³-hybridized carbons (Fsp3) is 0.385. The monoisotopic (exact) mass is 249 g/mol. The smallest absolute Gasteiger partial charge is 0.320 e. The molecule has 0 amide bonds. The summed E-state index contributed by atoms with van der Waals surface area (Å²) < 4.78 is 4.74. The molecule has 0 radical (unpaired) electrons. The average molecular weight is 249 g/mol. The molecule has 1 aliphatic rings. The van der Waals surface area contributed by atoms with Crippen molar-refractivity contribution in [2.45, 2.75) is 18.5 Å². The van der Waals surface area contributed by atoms with Crippen molar-refractivity contribution in [1.82, 2.24) is 5.32 Å². The van der Waals surface area contributed by atoms with E-state index in [-0.39, 0.29) is 18.4 Å². The van der Waals surface area contributed by atoms with Crippen LogP contribution < -0.4 is 5.32 Å². The Morgan fingerprint density at radius 1 is 1.33 bits per heavy atom. The molecule has 1 saturated heterocycles. The number of carboxylic acid groups (broad SMARTS) is 1. The third-order valence-corrected chi connectivity index (χ3v) is 3.23. The van der Waals surface area contributed by atoms with E-state index in [1.54, 1.807) is 0 Å². The van der Waals surface area contributed by atoms with Crippen molar-refractivity contribution in [2.75, 3.05) is 7.11 Å². The van der Waals surface area contributed by atoms with Crippen LogP contribution in [0.1, 0.15) is 18.0 Å². The van der Waals surface area contributed by atoms with Crippen LogP contribution in [0.25, 0.3) is 0 Å². The molecule has 18 heavy (non-hydrogen) atoms. The first-order valence-corrected chi connectivity index (χ1v) is 5.75. The van der Waals surface area contributed by atoms with Crippen LogP contribution in [0.5, 0.6) is 0 Å². The highest BCUT2D eigenvalue weighted by Gasteiger charge is 2.42. The van der Waals surface area contributed by atoms with E-state index >= 15 is 0 Å². The first kappa shape index (κ1) is 12.6. The van der Waals surface area contributed by atoms with E-state index < -0.39 is 17.9 Å². The largest absolute Gasteiger partial charge is 0.480 e. The minimum absolute atomic E-state index is 0.252. The van der Waals surface area contributed by atoms with Crippen LogP contribution in [-0.4, -0.2) is 30.2 Å². The molecule has 0 aliphatic carbocycles. The Bertz CT molecular complexity index is 446. The van der Waals surface area contributed by atoms with Crippen molar-refractivity contribution in [3.63, 3.8) is 0 Å². The number of rotatable bonds is 3. The van der Waals surface area contributed by atoms with Crippen molar-refractivity contribution in [2.24, 2.45) is 5.92 Å². The Kier molecular flexibility index (Phi) is 3.62. The van der Waals surface area contributed by atoms with E-state index in [0.717, 1.165) is 5.56 Å². The normalized spacial score (nSPS) is 26.8. The zero-order valence-corrected chi connectivity index (χ0v) is 10.00. The molecule has 0 aromatic heterocycles. The zero-order valence-electron chi connectivity index (χ0n) is 10.00. The summed E-state index contributed by atoms with van der Waals surface area (Å²) in [6, 6.07) is 8.33. The van der Waals surface area contributed by atoms with Crippen LogP contribution in [0.3, 0.4) is 0 Å². The number of carbonyl (C=O) groups excluding carboxylic acids is 1. The zero-order chi connectivity index (χ0) is 13.1. The summed E-state index contributed by atoms with van der Waals surface area (Å²) in [6.07, 6.45) is 0.252. The van der Waals surface area contributed by atoms with Gasteiger partial charge in [0.2, 0.25) is 0 Å². The van der Waals surface area contributed by atoms with Gasteiger partial charge in [-0.3, -0.25) is 14.9 Å². The quantitative estimate of drug-likeness (QED) is 0.780. The molecule has 1 aromatic rings. The number of carbonyl (C=O) groups is 2. The van der Waals surface area contributed by atoms with Gasteiger partial charge in [-0.05, 0) is 12.0 Å². The lowest BCUT2D eigenvalue weighted by molar-refractivity contribution is -0.145. The van der Waals surface area contributed by atoms with Gasteiger partial charge in [0, 0.05) is 6.04 Å². The number of methoxy groups -OCH3 is 1. The highest BCUT2D eigenvalue weighted by Crippen LogP contribution is 2.33. The first-order chi connectivity index (χ1) is 8.63. The van der Waals surface area contributed by atoms with E-state index in [4.69, 9.17) is 9.84 Å². The summed E-state index contributed by atoms with van der Waals surface area (Å²) >= 11 is 0. The van der Waals surface area contributed by atoms with Gasteiger partial charge >= 0.3 is 11.9 Å². The number of esters is 1. The van der Waals surface area contributed by atoms with Crippen LogP contribution in [0, 0.1) is 5.92 Å². The van der Waals surface area contributed by atoms with Crippen LogP contribution in [0.4, 0.5) is 0 Å². The van der Waals surface area contributed by atoms with Crippen LogP contribution in [0.2, 0.25) is 0 Å². The molecule has 0 saturated carbocycles. The number of aliphatic carboxylic acids is 1. The minimum Gasteiger partial charge on any atom is -0.480 e. The molecule has 1 heterocycles. The van der Waals surface area contributed by atoms with Gasteiger partial charge in [-0.1, -0.05) is 30.3 Å². The Morgan fingerprint density at radius 2 is 2.00 bits per heavy atom. The van der Waals surface area contributed by atoms with Crippen LogP contribution in [-0.2, 0) is 14.3 Å². The Balaban J connectivity index is 2.26. The maximum atomic E-state index is 11.7. The fourth-order valence-electron chi connectivity index (χ4n) is 2.34. The second-order valence-electron chi connectivity index (χ2n) is 4.31. The van der Waals surface area contributed by atoms with Crippen molar-refractivity contribution in [1.29, 1.82) is 0 Å². The Morgan fingerprint density at radius 3 is 2.56 bits per heavy atom. The van der Waals surface area contributed by atoms with E-state index in [0.29, 0.717) is 0 Å². The molecule has 0 bridgehead atoms. The molecule has 5 heteroatoms. The Hall–Kier alpha value is -1.88. The predicted molar refractivity (Wildman–Crippen MR) is 63.9 cm³/mol. The first-order valence-electron chi connectivity index (χ1n) is 5.75. The van der Waals surface area contributed by atoms with Crippen molar-refractivity contribution in [3.05, 3.63) is 35.9 Å². The van der Waals surface area contributed by atoms with Gasteiger partial charge in [-0.15, -0.1) is 0 Å². The van der Waals surface area contributed by atoms with E-state index in [9.17, 15) is 9.59 Å². The second kappa shape index (κ2) is 5.18. The third-order valence-electron chi connectivity index (χ3n) is 3.23. The molecule has 2 N–H and O–H groups in total. The standard InChI is InChI=1S/C13H15NO4/c1-18-13(17)9-7-10(12(15)16)14-11(9)8-5-3-2-4-6-8/h2-6,9-11,14H,7H2,1H3,(H,15,16). The summed E-state index contributed by atoms with van der Waals surface area (Å²) in [5.41, 5.74) is 0.900. The van der Waals surface area contributed by atoms with Gasteiger partial charge in [0.25, 0.3) is 0 Å². The van der Waals surface area contributed by atoms with Gasteiger partial charge in [0.15, 0.2) is 0 Å². The summed E-state index contributed by atoms with van der Waals surface area (Å²) in [5, 5.41) is 12.0. The lowest BCUT2D eigenvalue weighted by Crippen LogP contribution is -2.32. The van der Waals surface area contributed by atoms with Gasteiger partial charge in [-0.25, -0.2) is 0 Å². The molecule has 2 rings (SSSR count). The molecule has 3 atom stereocenters. The summed E-state index contributed by atoms with van der Waals surface area (Å²) in [5.74, 6) is -1.78. The molecule has 1 aliphatic heterocycles.